The highest BCUT2D eigenvalue weighted by atomic mass is 16.6. The average Bonchev–Trinajstić information content (AvgIpc) is 2.14. The molecular formula is C8H14O3. The molecule has 0 rings (SSSR count). The molecule has 0 aliphatic rings. The first-order chi connectivity index (χ1) is 6.02. The first-order valence-corrected chi connectivity index (χ1v) is 3.62. The van der Waals surface area contributed by atoms with Crippen LogP contribution in [0.2, 0.25) is 0 Å². The van der Waals surface area contributed by atoms with Gasteiger partial charge in [0.05, 0.1) is 0 Å². The van der Waals surface area contributed by atoms with Gasteiger partial charge in [0.15, 0.2) is 0 Å². The number of hydrogen-bond acceptors (Lipinski definition) is 3. The largest absolute Gasteiger partial charge is 0.393 e. The Kier molecular flexibility index (Phi) is 3.65. The topological polar surface area (TPSA) is 43.4 Å². The van der Waals surface area contributed by atoms with E-state index in [1.165, 1.54) is 0 Å². The molecular weight excluding hydrogens is 144 g/mol. The summed E-state index contributed by atoms with van der Waals surface area (Å²) >= 11 is 0. The van der Waals surface area contributed by atoms with Gasteiger partial charge in [-0.3, -0.25) is 9.59 Å². The summed E-state index contributed by atoms with van der Waals surface area (Å²) < 4.78 is 18.6. The Bertz CT molecular complexity index is 174. The Morgan fingerprint density at radius 1 is 1.18 bits per heavy atom. The van der Waals surface area contributed by atoms with Crippen LogP contribution in [0.15, 0.2) is 0 Å². The lowest BCUT2D eigenvalue weighted by Gasteiger charge is -1.98. The van der Waals surface area contributed by atoms with Crippen LogP contribution < -0.4 is 0 Å². The van der Waals surface area contributed by atoms with E-state index in [1.54, 1.807) is 13.8 Å². The molecule has 3 nitrogen and oxygen atoms in total. The Hall–Kier alpha value is -0.860. The minimum atomic E-state index is -1.02. The number of ether oxygens (including phenoxy) is 1. The van der Waals surface area contributed by atoms with Gasteiger partial charge >= 0.3 is 11.9 Å². The lowest BCUT2D eigenvalue weighted by Crippen LogP contribution is -2.10. The Labute approximate surface area is 69.5 Å². The Morgan fingerprint density at radius 2 is 1.55 bits per heavy atom. The fourth-order valence-electron chi connectivity index (χ4n) is 0.516. The zero-order chi connectivity index (χ0) is 10.4. The summed E-state index contributed by atoms with van der Waals surface area (Å²) in [5.41, 5.74) is 0. The third-order valence-corrected chi connectivity index (χ3v) is 0.943. The van der Waals surface area contributed by atoms with Gasteiger partial charge in [0.1, 0.15) is 0 Å². The van der Waals surface area contributed by atoms with Gasteiger partial charge in [-0.05, 0) is 12.8 Å². The van der Waals surface area contributed by atoms with Crippen molar-refractivity contribution in [2.75, 3.05) is 0 Å². The van der Waals surface area contributed by atoms with E-state index in [4.69, 9.17) is 2.74 Å². The molecule has 3 heteroatoms. The Morgan fingerprint density at radius 3 is 1.82 bits per heavy atom. The lowest BCUT2D eigenvalue weighted by molar-refractivity contribution is -0.159. The normalized spacial score (nSPS) is 17.6. The van der Waals surface area contributed by atoms with Crippen molar-refractivity contribution in [1.82, 2.24) is 0 Å². The quantitative estimate of drug-likeness (QED) is 0.464. The molecule has 0 fully saturated rings. The average molecular weight is 160 g/mol. The maximum atomic E-state index is 10.9. The predicted octanol–water partition coefficient (Wildman–Crippen LogP) is 1.66. The fourth-order valence-corrected chi connectivity index (χ4v) is 0.516. The van der Waals surface area contributed by atoms with Gasteiger partial charge in [-0.2, -0.15) is 0 Å². The van der Waals surface area contributed by atoms with E-state index in [0.717, 1.165) is 0 Å². The molecule has 0 bridgehead atoms. The Balaban J connectivity index is 3.99. The van der Waals surface area contributed by atoms with Crippen molar-refractivity contribution in [1.29, 1.82) is 0 Å². The van der Waals surface area contributed by atoms with Crippen LogP contribution in [0.25, 0.3) is 0 Å². The summed E-state index contributed by atoms with van der Waals surface area (Å²) in [6.45, 7) is 3.31. The number of rotatable bonds is 4. The number of carbonyl (C=O) groups is 2. The molecule has 2 unspecified atom stereocenters. The summed E-state index contributed by atoms with van der Waals surface area (Å²) in [5, 5.41) is 0. The monoisotopic (exact) mass is 160 g/mol. The van der Waals surface area contributed by atoms with Gasteiger partial charge in [0.2, 0.25) is 0 Å². The molecule has 0 amide bonds. The van der Waals surface area contributed by atoms with E-state index in [1.807, 2.05) is 0 Å². The highest BCUT2D eigenvalue weighted by Gasteiger charge is 2.06. The van der Waals surface area contributed by atoms with E-state index in [0.29, 0.717) is 12.8 Å². The second-order valence-electron chi connectivity index (χ2n) is 1.96. The van der Waals surface area contributed by atoms with Crippen molar-refractivity contribution in [3.8, 4) is 0 Å². The van der Waals surface area contributed by atoms with E-state index < -0.39 is 24.7 Å². The fraction of sp³-hybridized carbons (Fsp3) is 0.750. The predicted molar refractivity (Wildman–Crippen MR) is 40.9 cm³/mol. The molecule has 0 spiro atoms. The van der Waals surface area contributed by atoms with Crippen LogP contribution in [-0.4, -0.2) is 11.9 Å². The molecule has 0 radical (unpaired) electrons. The third-order valence-electron chi connectivity index (χ3n) is 0.943. The summed E-state index contributed by atoms with van der Waals surface area (Å²) in [4.78, 5) is 21.8. The van der Waals surface area contributed by atoms with Crippen LogP contribution in [0.3, 0.4) is 0 Å². The highest BCUT2D eigenvalue weighted by Crippen LogP contribution is 1.95. The highest BCUT2D eigenvalue weighted by molar-refractivity contribution is 5.85. The van der Waals surface area contributed by atoms with E-state index in [2.05, 4.69) is 4.74 Å². The van der Waals surface area contributed by atoms with Crippen molar-refractivity contribution in [2.24, 2.45) is 0 Å². The molecule has 0 N–H and O–H groups in total. The van der Waals surface area contributed by atoms with Crippen LogP contribution >= 0.6 is 0 Å². The van der Waals surface area contributed by atoms with E-state index in [-0.39, 0.29) is 0 Å². The molecule has 0 aromatic carbocycles. The standard InChI is InChI=1S/C8H14O3/c1-3-5-7(9)11-8(10)6-4-2/h3-6H2,1-2H3/i5D,6D. The molecule has 11 heavy (non-hydrogen) atoms. The van der Waals surface area contributed by atoms with Gasteiger partial charge in [0, 0.05) is 15.5 Å². The van der Waals surface area contributed by atoms with Crippen molar-refractivity contribution in [2.45, 2.75) is 39.5 Å². The minimum Gasteiger partial charge on any atom is -0.393 e. The number of esters is 2. The van der Waals surface area contributed by atoms with Crippen LogP contribution in [-0.2, 0) is 14.3 Å². The van der Waals surface area contributed by atoms with Gasteiger partial charge in [-0.15, -0.1) is 0 Å². The summed E-state index contributed by atoms with van der Waals surface area (Å²) in [6.07, 6.45) is -1.43. The third kappa shape index (κ3) is 5.58. The van der Waals surface area contributed by atoms with Gasteiger partial charge in [-0.25, -0.2) is 0 Å². The van der Waals surface area contributed by atoms with Crippen LogP contribution in [0.4, 0.5) is 0 Å². The molecule has 0 aliphatic heterocycles. The smallest absolute Gasteiger partial charge is 0.313 e. The zero-order valence-electron chi connectivity index (χ0n) is 8.79. The maximum absolute atomic E-state index is 10.9. The van der Waals surface area contributed by atoms with Crippen molar-refractivity contribution in [3.63, 3.8) is 0 Å². The van der Waals surface area contributed by atoms with Gasteiger partial charge in [-0.1, -0.05) is 13.8 Å². The molecule has 2 atom stereocenters. The summed E-state index contributed by atoms with van der Waals surface area (Å²) in [5.74, 6) is -1.73. The van der Waals surface area contributed by atoms with Crippen molar-refractivity contribution in [3.05, 3.63) is 0 Å². The van der Waals surface area contributed by atoms with Crippen LogP contribution in [0.1, 0.15) is 42.2 Å². The van der Waals surface area contributed by atoms with Crippen LogP contribution in [0, 0.1) is 0 Å². The van der Waals surface area contributed by atoms with Gasteiger partial charge < -0.3 is 4.74 Å². The van der Waals surface area contributed by atoms with Crippen LogP contribution in [0.5, 0.6) is 0 Å². The molecule has 64 valence electrons. The zero-order valence-corrected chi connectivity index (χ0v) is 6.79. The molecule has 0 heterocycles. The molecule has 0 saturated carbocycles. The number of carbonyl (C=O) groups excluding carboxylic acids is 2. The van der Waals surface area contributed by atoms with Crippen molar-refractivity contribution < 1.29 is 17.1 Å². The van der Waals surface area contributed by atoms with E-state index >= 15 is 0 Å². The molecule has 0 saturated heterocycles. The minimum absolute atomic E-state index is 0.306. The number of hydrogen-bond donors (Lipinski definition) is 0. The first-order valence-electron chi connectivity index (χ1n) is 4.78. The molecule has 0 aromatic heterocycles. The maximum Gasteiger partial charge on any atom is 0.313 e. The van der Waals surface area contributed by atoms with Gasteiger partial charge in [0.25, 0.3) is 0 Å². The summed E-state index contributed by atoms with van der Waals surface area (Å²) in [6, 6.07) is 0. The summed E-state index contributed by atoms with van der Waals surface area (Å²) in [7, 11) is 0. The second kappa shape index (κ2) is 5.89. The second-order valence-corrected chi connectivity index (χ2v) is 1.96. The lowest BCUT2D eigenvalue weighted by atomic mass is 10.3. The first kappa shape index (κ1) is 6.83. The SMILES string of the molecule is [2H]C(CC)C(=O)OC(=O)C([2H])CC. The molecule has 0 aliphatic carbocycles. The van der Waals surface area contributed by atoms with E-state index in [9.17, 15) is 9.59 Å². The molecule has 0 aromatic rings. The van der Waals surface area contributed by atoms with Crippen molar-refractivity contribution >= 4 is 11.9 Å².